The van der Waals surface area contributed by atoms with Gasteiger partial charge in [-0.25, -0.2) is 8.78 Å². The number of benzene rings is 3. The van der Waals surface area contributed by atoms with Crippen molar-refractivity contribution < 1.29 is 17.9 Å². The number of halogens is 3. The molecule has 2 aliphatic carbocycles. The average Bonchev–Trinajstić information content (AvgIpc) is 3.07. The maximum Gasteiger partial charge on any atom is 0.201 e. The van der Waals surface area contributed by atoms with E-state index in [4.69, 9.17) is 4.74 Å². The molecule has 5 rings (SSSR count). The third-order valence-electron chi connectivity index (χ3n) is 10.6. The molecule has 3 aromatic rings. The summed E-state index contributed by atoms with van der Waals surface area (Å²) in [5.41, 5.74) is 3.24. The zero-order valence-electron chi connectivity index (χ0n) is 27.3. The first-order chi connectivity index (χ1) is 22.0. The van der Waals surface area contributed by atoms with Gasteiger partial charge >= 0.3 is 0 Å². The molecule has 4 heteroatoms. The quantitative estimate of drug-likeness (QED) is 0.137. The highest BCUT2D eigenvalue weighted by atomic mass is 19.2. The lowest BCUT2D eigenvalue weighted by molar-refractivity contribution is 0.156. The van der Waals surface area contributed by atoms with Crippen molar-refractivity contribution >= 4 is 0 Å². The van der Waals surface area contributed by atoms with E-state index in [-0.39, 0.29) is 23.0 Å². The molecular formula is C41H51F3O. The van der Waals surface area contributed by atoms with Crippen LogP contribution in [0.15, 0.2) is 66.7 Å². The van der Waals surface area contributed by atoms with Gasteiger partial charge in [0.25, 0.3) is 0 Å². The fourth-order valence-corrected chi connectivity index (χ4v) is 7.81. The molecule has 0 atom stereocenters. The molecule has 0 aromatic heterocycles. The molecule has 0 unspecified atom stereocenters. The Morgan fingerprint density at radius 2 is 1.38 bits per heavy atom. The number of allylic oxidation sites excluding steroid dienone is 2. The number of unbranched alkanes of at least 4 members (excludes halogenated alkanes) is 3. The fourth-order valence-electron chi connectivity index (χ4n) is 7.81. The van der Waals surface area contributed by atoms with Gasteiger partial charge < -0.3 is 4.74 Å². The van der Waals surface area contributed by atoms with Crippen LogP contribution in [0.1, 0.15) is 115 Å². The third kappa shape index (κ3) is 8.63. The highest BCUT2D eigenvalue weighted by Crippen LogP contribution is 2.45. The molecule has 0 N–H and O–H groups in total. The van der Waals surface area contributed by atoms with Gasteiger partial charge in [-0.1, -0.05) is 87.6 Å². The van der Waals surface area contributed by atoms with Gasteiger partial charge in [0.05, 0.1) is 6.61 Å². The second kappa shape index (κ2) is 16.5. The van der Waals surface area contributed by atoms with Crippen LogP contribution in [0.2, 0.25) is 0 Å². The minimum absolute atomic E-state index is 0.0493. The Morgan fingerprint density at radius 3 is 2.04 bits per heavy atom. The second-order valence-corrected chi connectivity index (χ2v) is 13.5. The molecule has 0 spiro atoms. The van der Waals surface area contributed by atoms with Gasteiger partial charge in [0.2, 0.25) is 5.82 Å². The predicted molar refractivity (Wildman–Crippen MR) is 181 cm³/mol. The van der Waals surface area contributed by atoms with Crippen LogP contribution in [0.5, 0.6) is 5.75 Å². The van der Waals surface area contributed by atoms with E-state index in [1.54, 1.807) is 24.3 Å². The van der Waals surface area contributed by atoms with Crippen LogP contribution in [-0.2, 0) is 0 Å². The van der Waals surface area contributed by atoms with Crippen molar-refractivity contribution in [3.05, 3.63) is 89.8 Å². The number of ether oxygens (including phenoxy) is 1. The summed E-state index contributed by atoms with van der Waals surface area (Å²) < 4.78 is 50.7. The van der Waals surface area contributed by atoms with E-state index in [1.807, 2.05) is 24.3 Å². The summed E-state index contributed by atoms with van der Waals surface area (Å²) in [6.07, 6.45) is 21.1. The van der Waals surface area contributed by atoms with E-state index in [9.17, 15) is 8.78 Å². The number of rotatable bonds is 13. The van der Waals surface area contributed by atoms with E-state index in [0.717, 1.165) is 73.0 Å². The fraction of sp³-hybridized carbons (Fsp3) is 0.512. The molecule has 242 valence electrons. The minimum Gasteiger partial charge on any atom is -0.490 e. The standard InChI is InChI=1S/C41H51F3O/c1-3-5-7-9-27-45-39-26-25-37(40(43)41(39)44)34-21-17-32(18-22-34)35-23-24-36(38(42)28-35)33-19-15-31(16-20-33)30-13-11-29(12-14-30)10-8-6-4-2/h4,6,17-18,21-26,28-31,33H,3,5,7-16,19-20,27H2,1-2H3. The molecule has 2 aliphatic rings. The van der Waals surface area contributed by atoms with Gasteiger partial charge in [0.15, 0.2) is 11.6 Å². The molecule has 0 aliphatic heterocycles. The Bertz CT molecular complexity index is 1380. The van der Waals surface area contributed by atoms with Gasteiger partial charge in [-0.2, -0.15) is 4.39 Å². The lowest BCUT2D eigenvalue weighted by atomic mass is 9.68. The Morgan fingerprint density at radius 1 is 0.711 bits per heavy atom. The SMILES string of the molecule is CC=CCCC1CCC(C2CCC(c3ccc(-c4ccc(-c5ccc(OCCCCCC)c(F)c5F)cc4)cc3F)CC2)CC1. The number of hydrogen-bond acceptors (Lipinski definition) is 1. The summed E-state index contributed by atoms with van der Waals surface area (Å²) in [6, 6.07) is 15.9. The van der Waals surface area contributed by atoms with E-state index in [1.165, 1.54) is 57.4 Å². The monoisotopic (exact) mass is 616 g/mol. The molecule has 2 fully saturated rings. The zero-order chi connectivity index (χ0) is 31.6. The van der Waals surface area contributed by atoms with Crippen molar-refractivity contribution in [3.8, 4) is 28.0 Å². The van der Waals surface area contributed by atoms with Crippen LogP contribution in [0.3, 0.4) is 0 Å². The van der Waals surface area contributed by atoms with E-state index in [2.05, 4.69) is 26.0 Å². The van der Waals surface area contributed by atoms with Gasteiger partial charge in [0, 0.05) is 5.56 Å². The van der Waals surface area contributed by atoms with Gasteiger partial charge in [0.1, 0.15) is 5.82 Å². The first kappa shape index (κ1) is 33.4. The highest BCUT2D eigenvalue weighted by molar-refractivity contribution is 5.71. The Balaban J connectivity index is 1.15. The molecule has 45 heavy (non-hydrogen) atoms. The molecule has 0 radical (unpaired) electrons. The number of hydrogen-bond donors (Lipinski definition) is 0. The van der Waals surface area contributed by atoms with Crippen molar-refractivity contribution in [2.45, 2.75) is 110 Å². The van der Waals surface area contributed by atoms with Gasteiger partial charge in [-0.05, 0) is 129 Å². The van der Waals surface area contributed by atoms with Crippen LogP contribution in [0, 0.1) is 35.2 Å². The summed E-state index contributed by atoms with van der Waals surface area (Å²) in [5.74, 6) is 0.793. The van der Waals surface area contributed by atoms with Crippen LogP contribution < -0.4 is 4.74 Å². The lowest BCUT2D eigenvalue weighted by Gasteiger charge is -2.38. The van der Waals surface area contributed by atoms with Gasteiger partial charge in [-0.3, -0.25) is 0 Å². The third-order valence-corrected chi connectivity index (χ3v) is 10.6. The summed E-state index contributed by atoms with van der Waals surface area (Å²) in [7, 11) is 0. The van der Waals surface area contributed by atoms with E-state index in [0.29, 0.717) is 12.2 Å². The lowest BCUT2D eigenvalue weighted by Crippen LogP contribution is -2.25. The van der Waals surface area contributed by atoms with Crippen molar-refractivity contribution in [3.63, 3.8) is 0 Å². The maximum atomic E-state index is 15.5. The Labute approximate surface area is 269 Å². The largest absolute Gasteiger partial charge is 0.490 e. The summed E-state index contributed by atoms with van der Waals surface area (Å²) >= 11 is 0. The first-order valence-corrected chi connectivity index (χ1v) is 17.6. The molecule has 0 saturated heterocycles. The Kier molecular flexibility index (Phi) is 12.2. The molecule has 1 nitrogen and oxygen atoms in total. The topological polar surface area (TPSA) is 9.23 Å². The second-order valence-electron chi connectivity index (χ2n) is 13.5. The van der Waals surface area contributed by atoms with Crippen LogP contribution in [0.25, 0.3) is 22.3 Å². The minimum atomic E-state index is -0.957. The van der Waals surface area contributed by atoms with Crippen molar-refractivity contribution in [1.82, 2.24) is 0 Å². The van der Waals surface area contributed by atoms with E-state index >= 15 is 4.39 Å². The predicted octanol–water partition coefficient (Wildman–Crippen LogP) is 12.8. The summed E-state index contributed by atoms with van der Waals surface area (Å²) in [4.78, 5) is 0. The smallest absolute Gasteiger partial charge is 0.201 e. The highest BCUT2D eigenvalue weighted by Gasteiger charge is 2.32. The normalized spacial score (nSPS) is 22.2. The molecule has 0 bridgehead atoms. The molecular weight excluding hydrogens is 565 g/mol. The average molecular weight is 617 g/mol. The van der Waals surface area contributed by atoms with Crippen molar-refractivity contribution in [1.29, 1.82) is 0 Å². The van der Waals surface area contributed by atoms with E-state index < -0.39 is 11.6 Å². The van der Waals surface area contributed by atoms with Crippen LogP contribution >= 0.6 is 0 Å². The van der Waals surface area contributed by atoms with Crippen molar-refractivity contribution in [2.75, 3.05) is 6.61 Å². The zero-order valence-corrected chi connectivity index (χ0v) is 27.3. The summed E-state index contributed by atoms with van der Waals surface area (Å²) in [6.45, 7) is 4.61. The van der Waals surface area contributed by atoms with Gasteiger partial charge in [-0.15, -0.1) is 0 Å². The van der Waals surface area contributed by atoms with Crippen molar-refractivity contribution in [2.24, 2.45) is 17.8 Å². The first-order valence-electron chi connectivity index (χ1n) is 17.6. The molecule has 2 saturated carbocycles. The molecule has 0 heterocycles. The summed E-state index contributed by atoms with van der Waals surface area (Å²) in [5, 5.41) is 0. The maximum absolute atomic E-state index is 15.5. The Hall–Kier alpha value is -3.01. The van der Waals surface area contributed by atoms with Crippen LogP contribution in [-0.4, -0.2) is 6.61 Å². The molecule has 3 aromatic carbocycles. The molecule has 0 amide bonds. The van der Waals surface area contributed by atoms with Crippen LogP contribution in [0.4, 0.5) is 13.2 Å².